The van der Waals surface area contributed by atoms with E-state index in [1.165, 1.54) is 24.3 Å². The minimum Gasteiger partial charge on any atom is -0.452 e. The van der Waals surface area contributed by atoms with Crippen LogP contribution in [0.1, 0.15) is 15.9 Å². The van der Waals surface area contributed by atoms with E-state index >= 15 is 0 Å². The summed E-state index contributed by atoms with van der Waals surface area (Å²) in [6, 6.07) is 12.1. The largest absolute Gasteiger partial charge is 0.452 e. The summed E-state index contributed by atoms with van der Waals surface area (Å²) in [6.07, 6.45) is -4.39. The molecule has 0 atom stereocenters. The van der Waals surface area contributed by atoms with E-state index in [1.54, 1.807) is 24.3 Å². The lowest BCUT2D eigenvalue weighted by Gasteiger charge is -2.09. The van der Waals surface area contributed by atoms with Crippen molar-refractivity contribution in [2.45, 2.75) is 12.8 Å². The Morgan fingerprint density at radius 3 is 2.41 bits per heavy atom. The number of alkyl halides is 3. The van der Waals surface area contributed by atoms with Gasteiger partial charge in [-0.25, -0.2) is 4.79 Å². The molecular formula is C18H15ClF3NO4. The third-order valence-corrected chi connectivity index (χ3v) is 3.40. The molecule has 9 heteroatoms. The van der Waals surface area contributed by atoms with Crippen molar-refractivity contribution < 1.29 is 32.2 Å². The van der Waals surface area contributed by atoms with Crippen LogP contribution in [-0.2, 0) is 20.9 Å². The molecule has 2 rings (SSSR count). The van der Waals surface area contributed by atoms with Gasteiger partial charge in [-0.05, 0) is 35.9 Å². The van der Waals surface area contributed by atoms with Crippen LogP contribution >= 0.6 is 11.6 Å². The van der Waals surface area contributed by atoms with E-state index < -0.39 is 31.3 Å². The molecule has 144 valence electrons. The maximum absolute atomic E-state index is 12.0. The molecule has 0 aliphatic heterocycles. The molecule has 0 saturated heterocycles. The molecule has 2 aromatic rings. The van der Waals surface area contributed by atoms with Gasteiger partial charge in [0.05, 0.1) is 12.2 Å². The second-order valence-corrected chi connectivity index (χ2v) is 5.88. The Kier molecular flexibility index (Phi) is 7.20. The number of carbonyl (C=O) groups is 2. The fourth-order valence-corrected chi connectivity index (χ4v) is 2.19. The molecule has 0 aliphatic carbocycles. The van der Waals surface area contributed by atoms with Crippen LogP contribution < -0.4 is 5.32 Å². The van der Waals surface area contributed by atoms with Gasteiger partial charge in [-0.1, -0.05) is 29.8 Å². The molecule has 5 nitrogen and oxygen atoms in total. The van der Waals surface area contributed by atoms with Gasteiger partial charge in [0.2, 0.25) is 0 Å². The number of nitrogens with one attached hydrogen (secondary N) is 1. The summed E-state index contributed by atoms with van der Waals surface area (Å²) >= 11 is 5.80. The van der Waals surface area contributed by atoms with Gasteiger partial charge in [-0.2, -0.15) is 13.2 Å². The van der Waals surface area contributed by atoms with Crippen LogP contribution in [0.2, 0.25) is 5.02 Å². The smallest absolute Gasteiger partial charge is 0.411 e. The first-order valence-corrected chi connectivity index (χ1v) is 8.07. The molecule has 0 aliphatic rings. The lowest BCUT2D eigenvalue weighted by Crippen LogP contribution is -2.21. The van der Waals surface area contributed by atoms with Gasteiger partial charge < -0.3 is 14.8 Å². The summed E-state index contributed by atoms with van der Waals surface area (Å²) in [5.74, 6) is -1.28. The molecule has 0 spiro atoms. The van der Waals surface area contributed by atoms with Gasteiger partial charge in [0.15, 0.2) is 6.61 Å². The highest BCUT2D eigenvalue weighted by Gasteiger charge is 2.27. The maximum atomic E-state index is 12.0. The van der Waals surface area contributed by atoms with E-state index in [0.717, 1.165) is 0 Å². The summed E-state index contributed by atoms with van der Waals surface area (Å²) in [5, 5.41) is 2.97. The quantitative estimate of drug-likeness (QED) is 0.706. The Hall–Kier alpha value is -2.58. The van der Waals surface area contributed by atoms with Crippen LogP contribution in [0.4, 0.5) is 18.9 Å². The predicted octanol–water partition coefficient (Wildman–Crippen LogP) is 4.21. The summed E-state index contributed by atoms with van der Waals surface area (Å²) < 4.78 is 45.4. The normalized spacial score (nSPS) is 11.1. The molecule has 1 amide bonds. The first-order valence-electron chi connectivity index (χ1n) is 7.69. The zero-order valence-electron chi connectivity index (χ0n) is 13.9. The standard InChI is InChI=1S/C18H15ClF3NO4/c19-14-2-1-3-15(8-14)23-16(24)10-27-17(25)13-6-4-12(5-7-13)9-26-11-18(20,21)22/h1-8H,9-11H2,(H,23,24). The topological polar surface area (TPSA) is 64.6 Å². The number of halogens is 4. The molecule has 2 aromatic carbocycles. The van der Waals surface area contributed by atoms with Crippen molar-refractivity contribution in [2.75, 3.05) is 18.5 Å². The van der Waals surface area contributed by atoms with E-state index in [-0.39, 0.29) is 12.2 Å². The number of anilines is 1. The third-order valence-electron chi connectivity index (χ3n) is 3.17. The predicted molar refractivity (Wildman–Crippen MR) is 92.5 cm³/mol. The SMILES string of the molecule is O=C(COC(=O)c1ccc(COCC(F)(F)F)cc1)Nc1cccc(Cl)c1. The monoisotopic (exact) mass is 401 g/mol. The van der Waals surface area contributed by atoms with Gasteiger partial charge >= 0.3 is 12.1 Å². The maximum Gasteiger partial charge on any atom is 0.411 e. The minimum absolute atomic E-state index is 0.158. The van der Waals surface area contributed by atoms with Crippen LogP contribution in [-0.4, -0.2) is 31.3 Å². The van der Waals surface area contributed by atoms with Crippen molar-refractivity contribution in [2.24, 2.45) is 0 Å². The zero-order valence-corrected chi connectivity index (χ0v) is 14.6. The molecule has 0 unspecified atom stereocenters. The van der Waals surface area contributed by atoms with Gasteiger partial charge in [-0.3, -0.25) is 4.79 Å². The number of carbonyl (C=O) groups excluding carboxylic acids is 2. The van der Waals surface area contributed by atoms with E-state index in [4.69, 9.17) is 16.3 Å². The molecule has 0 saturated carbocycles. The van der Waals surface area contributed by atoms with Gasteiger partial charge in [-0.15, -0.1) is 0 Å². The van der Waals surface area contributed by atoms with Crippen LogP contribution in [0.3, 0.4) is 0 Å². The van der Waals surface area contributed by atoms with Crippen molar-refractivity contribution in [3.8, 4) is 0 Å². The number of ether oxygens (including phenoxy) is 2. The molecule has 0 radical (unpaired) electrons. The number of hydrogen-bond donors (Lipinski definition) is 1. The Morgan fingerprint density at radius 1 is 1.07 bits per heavy atom. The fourth-order valence-electron chi connectivity index (χ4n) is 2.00. The molecular weight excluding hydrogens is 387 g/mol. The zero-order chi connectivity index (χ0) is 19.9. The highest BCUT2D eigenvalue weighted by molar-refractivity contribution is 6.30. The molecule has 1 N–H and O–H groups in total. The van der Waals surface area contributed by atoms with Crippen LogP contribution in [0.25, 0.3) is 0 Å². The first kappa shape index (κ1) is 20.7. The number of rotatable bonds is 7. The number of benzene rings is 2. The molecule has 0 fully saturated rings. The lowest BCUT2D eigenvalue weighted by molar-refractivity contribution is -0.176. The summed E-state index contributed by atoms with van der Waals surface area (Å²) in [5.41, 5.74) is 1.09. The summed E-state index contributed by atoms with van der Waals surface area (Å²) in [7, 11) is 0. The van der Waals surface area contributed by atoms with E-state index in [0.29, 0.717) is 16.3 Å². The highest BCUT2D eigenvalue weighted by Crippen LogP contribution is 2.16. The third kappa shape index (κ3) is 7.67. The van der Waals surface area contributed by atoms with Gasteiger partial charge in [0, 0.05) is 10.7 Å². The van der Waals surface area contributed by atoms with Crippen LogP contribution in [0, 0.1) is 0 Å². The summed E-state index contributed by atoms with van der Waals surface area (Å²) in [4.78, 5) is 23.7. The van der Waals surface area contributed by atoms with E-state index in [9.17, 15) is 22.8 Å². The lowest BCUT2D eigenvalue weighted by atomic mass is 10.1. The van der Waals surface area contributed by atoms with Crippen molar-refractivity contribution >= 4 is 29.2 Å². The molecule has 0 aromatic heterocycles. The molecule has 0 heterocycles. The average Bonchev–Trinajstić information content (AvgIpc) is 2.59. The Labute approximate surface area is 158 Å². The second-order valence-electron chi connectivity index (χ2n) is 5.44. The van der Waals surface area contributed by atoms with E-state index in [2.05, 4.69) is 10.1 Å². The van der Waals surface area contributed by atoms with E-state index in [1.807, 2.05) is 0 Å². The Balaban J connectivity index is 1.79. The second kappa shape index (κ2) is 9.38. The van der Waals surface area contributed by atoms with Gasteiger partial charge in [0.1, 0.15) is 6.61 Å². The number of esters is 1. The van der Waals surface area contributed by atoms with Crippen LogP contribution in [0.5, 0.6) is 0 Å². The Bertz CT molecular complexity index is 794. The average molecular weight is 402 g/mol. The number of hydrogen-bond acceptors (Lipinski definition) is 4. The number of amides is 1. The van der Waals surface area contributed by atoms with Crippen molar-refractivity contribution in [1.82, 2.24) is 0 Å². The highest BCUT2D eigenvalue weighted by atomic mass is 35.5. The van der Waals surface area contributed by atoms with Crippen molar-refractivity contribution in [1.29, 1.82) is 0 Å². The molecule has 27 heavy (non-hydrogen) atoms. The minimum atomic E-state index is -4.39. The molecule has 0 bridgehead atoms. The summed E-state index contributed by atoms with van der Waals surface area (Å²) in [6.45, 7) is -2.09. The van der Waals surface area contributed by atoms with Crippen LogP contribution in [0.15, 0.2) is 48.5 Å². The first-order chi connectivity index (χ1) is 12.7. The van der Waals surface area contributed by atoms with Crippen molar-refractivity contribution in [3.05, 3.63) is 64.7 Å². The Morgan fingerprint density at radius 2 is 1.78 bits per heavy atom. The fraction of sp³-hybridized carbons (Fsp3) is 0.222. The van der Waals surface area contributed by atoms with Crippen molar-refractivity contribution in [3.63, 3.8) is 0 Å². The van der Waals surface area contributed by atoms with Gasteiger partial charge in [0.25, 0.3) is 5.91 Å².